The lowest BCUT2D eigenvalue weighted by atomic mass is 9.94. The van der Waals surface area contributed by atoms with Gasteiger partial charge in [0.2, 0.25) is 0 Å². The Morgan fingerprint density at radius 2 is 1.85 bits per heavy atom. The van der Waals surface area contributed by atoms with Crippen LogP contribution < -0.4 is 9.47 Å². The fourth-order valence-corrected chi connectivity index (χ4v) is 3.96. The predicted octanol–water partition coefficient (Wildman–Crippen LogP) is 4.25. The first-order valence-electron chi connectivity index (χ1n) is 11.1. The van der Waals surface area contributed by atoms with Crippen LogP contribution in [0.3, 0.4) is 0 Å². The molecule has 33 heavy (non-hydrogen) atoms. The number of carbonyl (C=O) groups excluding carboxylic acids is 2. The van der Waals surface area contributed by atoms with E-state index in [4.69, 9.17) is 14.2 Å². The Kier molecular flexibility index (Phi) is 7.76. The number of Topliss-reactive ketones (excluding diaryl/α,β-unsaturated/α-hetero) is 1. The van der Waals surface area contributed by atoms with Crippen molar-refractivity contribution in [2.24, 2.45) is 0 Å². The fourth-order valence-electron chi connectivity index (χ4n) is 3.96. The van der Waals surface area contributed by atoms with Crippen molar-refractivity contribution in [2.45, 2.75) is 39.8 Å². The van der Waals surface area contributed by atoms with Crippen LogP contribution in [0, 0.1) is 6.92 Å². The number of aryl methyl sites for hydroxylation is 1. The minimum absolute atomic E-state index is 0.0273. The number of aliphatic hydroxyl groups is 1. The molecule has 176 valence electrons. The number of likely N-dealkylation sites (tertiary alicyclic amines) is 1. The van der Waals surface area contributed by atoms with E-state index in [-0.39, 0.29) is 30.6 Å². The third-order valence-electron chi connectivity index (χ3n) is 5.40. The molecule has 1 aliphatic rings. The molecule has 0 aliphatic carbocycles. The van der Waals surface area contributed by atoms with Crippen molar-refractivity contribution in [3.8, 4) is 11.5 Å². The van der Waals surface area contributed by atoms with Gasteiger partial charge >= 0.3 is 0 Å². The summed E-state index contributed by atoms with van der Waals surface area (Å²) in [4.78, 5) is 27.6. The average molecular weight is 454 g/mol. The topological polar surface area (TPSA) is 85.3 Å². The SMILES string of the molecule is CCOc1ccc(/C(O)=C2/C(=O)C(=O)N(CCOC)C2c2ccccc2OC(C)C)cc1C. The summed E-state index contributed by atoms with van der Waals surface area (Å²) in [5.74, 6) is -0.402. The first kappa shape index (κ1) is 24.3. The van der Waals surface area contributed by atoms with Crippen LogP contribution in [0.25, 0.3) is 5.76 Å². The van der Waals surface area contributed by atoms with Crippen molar-refractivity contribution in [3.05, 3.63) is 64.7 Å². The number of aliphatic hydroxyl groups excluding tert-OH is 1. The summed E-state index contributed by atoms with van der Waals surface area (Å²) in [7, 11) is 1.53. The molecule has 1 unspecified atom stereocenters. The standard InChI is InChI=1S/C26H31NO6/c1-6-32-20-12-11-18(15-17(20)4)24(28)22-23(27(13-14-31-5)26(30)25(22)29)19-9-7-8-10-21(19)33-16(2)3/h7-12,15-16,23,28H,6,13-14H2,1-5H3/b24-22-. The largest absolute Gasteiger partial charge is 0.507 e. The van der Waals surface area contributed by atoms with Crippen LogP contribution in [-0.2, 0) is 14.3 Å². The molecule has 0 saturated carbocycles. The molecule has 7 heteroatoms. The Bertz CT molecular complexity index is 1060. The van der Waals surface area contributed by atoms with Gasteiger partial charge in [-0.05, 0) is 57.5 Å². The Labute approximate surface area is 194 Å². The van der Waals surface area contributed by atoms with E-state index in [0.29, 0.717) is 29.2 Å². The summed E-state index contributed by atoms with van der Waals surface area (Å²) in [6.07, 6.45) is -0.110. The Morgan fingerprint density at radius 1 is 1.12 bits per heavy atom. The Hall–Kier alpha value is -3.32. The number of carbonyl (C=O) groups is 2. The molecule has 2 aromatic carbocycles. The number of hydrogen-bond donors (Lipinski definition) is 1. The van der Waals surface area contributed by atoms with Crippen molar-refractivity contribution in [1.82, 2.24) is 4.90 Å². The van der Waals surface area contributed by atoms with E-state index in [1.807, 2.05) is 45.9 Å². The van der Waals surface area contributed by atoms with Gasteiger partial charge < -0.3 is 24.2 Å². The van der Waals surface area contributed by atoms with Crippen molar-refractivity contribution in [2.75, 3.05) is 26.9 Å². The number of hydrogen-bond acceptors (Lipinski definition) is 6. The lowest BCUT2D eigenvalue weighted by Crippen LogP contribution is -2.33. The minimum Gasteiger partial charge on any atom is -0.507 e. The zero-order valence-electron chi connectivity index (χ0n) is 19.8. The van der Waals surface area contributed by atoms with Crippen LogP contribution in [-0.4, -0.2) is 54.7 Å². The highest BCUT2D eigenvalue weighted by Gasteiger charge is 2.46. The lowest BCUT2D eigenvalue weighted by molar-refractivity contribution is -0.140. The molecule has 0 spiro atoms. The smallest absolute Gasteiger partial charge is 0.295 e. The highest BCUT2D eigenvalue weighted by molar-refractivity contribution is 6.46. The second-order valence-electron chi connectivity index (χ2n) is 8.10. The third kappa shape index (κ3) is 5.03. The van der Waals surface area contributed by atoms with E-state index in [1.54, 1.807) is 24.3 Å². The van der Waals surface area contributed by atoms with Crippen molar-refractivity contribution >= 4 is 17.4 Å². The second kappa shape index (κ2) is 10.5. The van der Waals surface area contributed by atoms with Gasteiger partial charge in [-0.2, -0.15) is 0 Å². The van der Waals surface area contributed by atoms with Crippen molar-refractivity contribution in [3.63, 3.8) is 0 Å². The van der Waals surface area contributed by atoms with E-state index in [1.165, 1.54) is 12.0 Å². The summed E-state index contributed by atoms with van der Waals surface area (Å²) in [5, 5.41) is 11.3. The number of ketones is 1. The van der Waals surface area contributed by atoms with Gasteiger partial charge in [-0.3, -0.25) is 9.59 Å². The van der Waals surface area contributed by atoms with Gasteiger partial charge in [-0.15, -0.1) is 0 Å². The number of methoxy groups -OCH3 is 1. The van der Waals surface area contributed by atoms with Crippen molar-refractivity contribution in [1.29, 1.82) is 0 Å². The normalized spacial score (nSPS) is 17.6. The van der Waals surface area contributed by atoms with Crippen LogP contribution >= 0.6 is 0 Å². The first-order valence-corrected chi connectivity index (χ1v) is 11.1. The fraction of sp³-hybridized carbons (Fsp3) is 0.385. The average Bonchev–Trinajstić information content (AvgIpc) is 3.03. The van der Waals surface area contributed by atoms with E-state index in [9.17, 15) is 14.7 Å². The first-order chi connectivity index (χ1) is 15.8. The van der Waals surface area contributed by atoms with Crippen molar-refractivity contribution < 1.29 is 28.9 Å². The summed E-state index contributed by atoms with van der Waals surface area (Å²) >= 11 is 0. The summed E-state index contributed by atoms with van der Waals surface area (Å²) < 4.78 is 16.7. The maximum absolute atomic E-state index is 13.1. The quantitative estimate of drug-likeness (QED) is 0.347. The zero-order chi connectivity index (χ0) is 24.1. The van der Waals surface area contributed by atoms with Crippen LogP contribution in [0.15, 0.2) is 48.0 Å². The van der Waals surface area contributed by atoms with Crippen LogP contribution in [0.5, 0.6) is 11.5 Å². The van der Waals surface area contributed by atoms with Gasteiger partial charge in [0.05, 0.1) is 30.9 Å². The highest BCUT2D eigenvalue weighted by atomic mass is 16.5. The second-order valence-corrected chi connectivity index (χ2v) is 8.10. The lowest BCUT2D eigenvalue weighted by Gasteiger charge is -2.27. The van der Waals surface area contributed by atoms with E-state index < -0.39 is 17.7 Å². The van der Waals surface area contributed by atoms with Crippen LogP contribution in [0.2, 0.25) is 0 Å². The van der Waals surface area contributed by atoms with Gasteiger partial charge in [0.15, 0.2) is 0 Å². The number of benzene rings is 2. The van der Waals surface area contributed by atoms with Gasteiger partial charge in [0, 0.05) is 24.8 Å². The number of para-hydroxylation sites is 1. The number of amides is 1. The van der Waals surface area contributed by atoms with E-state index in [2.05, 4.69) is 0 Å². The number of nitrogens with zero attached hydrogens (tertiary/aromatic N) is 1. The number of rotatable bonds is 9. The zero-order valence-corrected chi connectivity index (χ0v) is 19.8. The number of ether oxygens (including phenoxy) is 3. The Balaban J connectivity index is 2.19. The highest BCUT2D eigenvalue weighted by Crippen LogP contribution is 2.43. The monoisotopic (exact) mass is 453 g/mol. The summed E-state index contributed by atoms with van der Waals surface area (Å²) in [6, 6.07) is 11.6. The van der Waals surface area contributed by atoms with Crippen LogP contribution in [0.1, 0.15) is 43.5 Å². The predicted molar refractivity (Wildman–Crippen MR) is 125 cm³/mol. The van der Waals surface area contributed by atoms with Gasteiger partial charge in [0.1, 0.15) is 17.3 Å². The summed E-state index contributed by atoms with van der Waals surface area (Å²) in [5.41, 5.74) is 1.91. The maximum atomic E-state index is 13.1. The molecule has 3 rings (SSSR count). The van der Waals surface area contributed by atoms with Gasteiger partial charge in [-0.1, -0.05) is 18.2 Å². The molecule has 1 heterocycles. The maximum Gasteiger partial charge on any atom is 0.295 e. The molecule has 7 nitrogen and oxygen atoms in total. The molecule has 0 radical (unpaired) electrons. The minimum atomic E-state index is -0.804. The van der Waals surface area contributed by atoms with E-state index in [0.717, 1.165) is 5.56 Å². The molecule has 1 amide bonds. The molecule has 2 aromatic rings. The van der Waals surface area contributed by atoms with Gasteiger partial charge in [-0.25, -0.2) is 0 Å². The molecule has 1 N–H and O–H groups in total. The molecule has 1 fully saturated rings. The molecular formula is C26H31NO6. The third-order valence-corrected chi connectivity index (χ3v) is 5.40. The van der Waals surface area contributed by atoms with Gasteiger partial charge in [0.25, 0.3) is 11.7 Å². The molecule has 1 aliphatic heterocycles. The Morgan fingerprint density at radius 3 is 2.48 bits per heavy atom. The molecule has 1 atom stereocenters. The molecule has 1 saturated heterocycles. The molecule has 0 aromatic heterocycles. The molecular weight excluding hydrogens is 422 g/mol. The van der Waals surface area contributed by atoms with Crippen LogP contribution in [0.4, 0.5) is 0 Å². The molecule has 0 bridgehead atoms. The van der Waals surface area contributed by atoms with E-state index >= 15 is 0 Å². The summed E-state index contributed by atoms with van der Waals surface area (Å²) in [6.45, 7) is 8.53.